The van der Waals surface area contributed by atoms with E-state index in [1.807, 2.05) is 12.1 Å². The predicted molar refractivity (Wildman–Crippen MR) is 69.7 cm³/mol. The highest BCUT2D eigenvalue weighted by molar-refractivity contribution is 5.85. The highest BCUT2D eigenvalue weighted by Gasteiger charge is 2.12. The first-order valence-corrected chi connectivity index (χ1v) is 6.21. The number of rotatable bonds is 3. The van der Waals surface area contributed by atoms with E-state index in [2.05, 4.69) is 11.1 Å². The molecule has 3 rings (SSSR count). The van der Waals surface area contributed by atoms with Crippen molar-refractivity contribution in [3.63, 3.8) is 0 Å². The molecule has 0 spiro atoms. The molecule has 96 valence electrons. The van der Waals surface area contributed by atoms with Gasteiger partial charge in [0.15, 0.2) is 5.69 Å². The number of benzene rings is 1. The van der Waals surface area contributed by atoms with E-state index in [9.17, 15) is 4.79 Å². The minimum Gasteiger partial charge on any atom is -0.477 e. The molecule has 0 saturated carbocycles. The molecule has 1 heterocycles. The maximum Gasteiger partial charge on any atom is 0.354 e. The summed E-state index contributed by atoms with van der Waals surface area (Å²) >= 11 is 0. The van der Waals surface area contributed by atoms with Crippen molar-refractivity contribution in [3.05, 3.63) is 53.3 Å². The monoisotopic (exact) mass is 255 g/mol. The van der Waals surface area contributed by atoms with Crippen LogP contribution in [0, 0.1) is 0 Å². The van der Waals surface area contributed by atoms with Gasteiger partial charge in [-0.05, 0) is 48.6 Å². The molecule has 0 atom stereocenters. The van der Waals surface area contributed by atoms with Crippen molar-refractivity contribution in [1.29, 1.82) is 0 Å². The highest BCUT2D eigenvalue weighted by atomic mass is 16.5. The molecule has 0 radical (unpaired) electrons. The Balaban J connectivity index is 1.85. The van der Waals surface area contributed by atoms with E-state index in [0.717, 1.165) is 18.6 Å². The molecule has 0 saturated heterocycles. The van der Waals surface area contributed by atoms with Gasteiger partial charge in [-0.1, -0.05) is 6.07 Å². The lowest BCUT2D eigenvalue weighted by Crippen LogP contribution is -1.99. The molecule has 0 aliphatic heterocycles. The largest absolute Gasteiger partial charge is 0.477 e. The molecule has 0 fully saturated rings. The first-order chi connectivity index (χ1) is 9.22. The van der Waals surface area contributed by atoms with Crippen molar-refractivity contribution in [2.24, 2.45) is 0 Å². The van der Waals surface area contributed by atoms with Crippen molar-refractivity contribution in [2.75, 3.05) is 0 Å². The van der Waals surface area contributed by atoms with Crippen LogP contribution >= 0.6 is 0 Å². The zero-order chi connectivity index (χ0) is 13.2. The molecule has 0 bridgehead atoms. The van der Waals surface area contributed by atoms with Gasteiger partial charge in [-0.15, -0.1) is 0 Å². The average Bonchev–Trinajstić information content (AvgIpc) is 2.86. The summed E-state index contributed by atoms with van der Waals surface area (Å²) in [4.78, 5) is 14.6. The number of carbonyl (C=O) groups is 1. The second-order valence-corrected chi connectivity index (χ2v) is 4.57. The number of aromatic nitrogens is 1. The second kappa shape index (κ2) is 4.72. The van der Waals surface area contributed by atoms with Crippen molar-refractivity contribution in [2.45, 2.75) is 19.3 Å². The van der Waals surface area contributed by atoms with Gasteiger partial charge in [0, 0.05) is 12.3 Å². The molecule has 0 unspecified atom stereocenters. The van der Waals surface area contributed by atoms with Gasteiger partial charge in [-0.2, -0.15) is 0 Å². The summed E-state index contributed by atoms with van der Waals surface area (Å²) in [6.45, 7) is 0. The maximum absolute atomic E-state index is 10.8. The van der Waals surface area contributed by atoms with Crippen LogP contribution in [-0.4, -0.2) is 16.1 Å². The third-order valence-electron chi connectivity index (χ3n) is 3.26. The smallest absolute Gasteiger partial charge is 0.354 e. The summed E-state index contributed by atoms with van der Waals surface area (Å²) < 4.78 is 5.69. The van der Waals surface area contributed by atoms with E-state index in [0.29, 0.717) is 5.75 Å². The Morgan fingerprint density at radius 1 is 1.11 bits per heavy atom. The van der Waals surface area contributed by atoms with Gasteiger partial charge in [0.1, 0.15) is 11.5 Å². The van der Waals surface area contributed by atoms with Crippen molar-refractivity contribution >= 4 is 5.97 Å². The topological polar surface area (TPSA) is 59.4 Å². The van der Waals surface area contributed by atoms with E-state index >= 15 is 0 Å². The molecule has 4 heteroatoms. The van der Waals surface area contributed by atoms with Crippen LogP contribution in [0.2, 0.25) is 0 Å². The van der Waals surface area contributed by atoms with Crippen LogP contribution in [0.15, 0.2) is 36.5 Å². The number of nitrogens with zero attached hydrogens (tertiary/aromatic N) is 1. The third-order valence-corrected chi connectivity index (χ3v) is 3.26. The Morgan fingerprint density at radius 3 is 2.74 bits per heavy atom. The lowest BCUT2D eigenvalue weighted by atomic mass is 10.1. The van der Waals surface area contributed by atoms with Gasteiger partial charge < -0.3 is 9.84 Å². The number of hydrogen-bond donors (Lipinski definition) is 1. The number of fused-ring (bicyclic) bond motifs is 1. The number of carboxylic acid groups (broad SMARTS) is 1. The summed E-state index contributed by atoms with van der Waals surface area (Å²) in [5.41, 5.74) is 2.69. The zero-order valence-electron chi connectivity index (χ0n) is 10.3. The number of aromatic carboxylic acids is 1. The number of hydrogen-bond acceptors (Lipinski definition) is 3. The van der Waals surface area contributed by atoms with Gasteiger partial charge in [0.05, 0.1) is 0 Å². The Labute approximate surface area is 110 Å². The van der Waals surface area contributed by atoms with Gasteiger partial charge in [-0.3, -0.25) is 0 Å². The summed E-state index contributed by atoms with van der Waals surface area (Å²) in [5, 5.41) is 8.88. The van der Waals surface area contributed by atoms with Crippen LogP contribution in [0.3, 0.4) is 0 Å². The number of carboxylic acids is 1. The van der Waals surface area contributed by atoms with Gasteiger partial charge in [-0.25, -0.2) is 9.78 Å². The maximum atomic E-state index is 10.8. The quantitative estimate of drug-likeness (QED) is 0.915. The Hall–Kier alpha value is -2.36. The Bertz CT molecular complexity index is 637. The SMILES string of the molecule is O=C(O)c1cc(Oc2ccc3c(c2)CCC3)ccn1. The van der Waals surface area contributed by atoms with Crippen LogP contribution in [0.1, 0.15) is 28.0 Å². The summed E-state index contributed by atoms with van der Waals surface area (Å²) in [6.07, 6.45) is 4.85. The van der Waals surface area contributed by atoms with Crippen LogP contribution < -0.4 is 4.74 Å². The van der Waals surface area contributed by atoms with E-state index in [1.54, 1.807) is 6.07 Å². The number of aryl methyl sites for hydroxylation is 2. The van der Waals surface area contributed by atoms with Crippen molar-refractivity contribution in [3.8, 4) is 11.5 Å². The first-order valence-electron chi connectivity index (χ1n) is 6.21. The van der Waals surface area contributed by atoms with Crippen LogP contribution in [0.5, 0.6) is 11.5 Å². The van der Waals surface area contributed by atoms with Crippen LogP contribution in [0.4, 0.5) is 0 Å². The van der Waals surface area contributed by atoms with Gasteiger partial charge in [0.25, 0.3) is 0 Å². The molecule has 1 aliphatic rings. The fraction of sp³-hybridized carbons (Fsp3) is 0.200. The zero-order valence-corrected chi connectivity index (χ0v) is 10.3. The van der Waals surface area contributed by atoms with Crippen molar-refractivity contribution in [1.82, 2.24) is 4.98 Å². The molecule has 1 aromatic heterocycles. The molecule has 1 N–H and O–H groups in total. The highest BCUT2D eigenvalue weighted by Crippen LogP contribution is 2.28. The molecule has 2 aromatic rings. The molecular formula is C15H13NO3. The van der Waals surface area contributed by atoms with E-state index in [-0.39, 0.29) is 5.69 Å². The molecule has 1 aliphatic carbocycles. The molecule has 4 nitrogen and oxygen atoms in total. The molecule has 19 heavy (non-hydrogen) atoms. The molecule has 1 aromatic carbocycles. The number of ether oxygens (including phenoxy) is 1. The summed E-state index contributed by atoms with van der Waals surface area (Å²) in [6, 6.07) is 9.11. The summed E-state index contributed by atoms with van der Waals surface area (Å²) in [7, 11) is 0. The fourth-order valence-corrected chi connectivity index (χ4v) is 2.34. The summed E-state index contributed by atoms with van der Waals surface area (Å²) in [5.74, 6) is 0.174. The minimum absolute atomic E-state index is 0.0151. The normalized spacial score (nSPS) is 13.1. The van der Waals surface area contributed by atoms with Crippen LogP contribution in [-0.2, 0) is 12.8 Å². The van der Waals surface area contributed by atoms with E-state index in [4.69, 9.17) is 9.84 Å². The Morgan fingerprint density at radius 2 is 1.89 bits per heavy atom. The Kier molecular flexibility index (Phi) is 2.91. The fourth-order valence-electron chi connectivity index (χ4n) is 2.34. The average molecular weight is 255 g/mol. The van der Waals surface area contributed by atoms with Gasteiger partial charge >= 0.3 is 5.97 Å². The van der Waals surface area contributed by atoms with E-state index in [1.165, 1.54) is 29.8 Å². The standard InChI is InChI=1S/C15H13NO3/c17-15(18)14-9-13(6-7-16-14)19-12-5-4-10-2-1-3-11(10)8-12/h4-9H,1-3H2,(H,17,18). The molecule has 0 amide bonds. The van der Waals surface area contributed by atoms with Gasteiger partial charge in [0.2, 0.25) is 0 Å². The van der Waals surface area contributed by atoms with Crippen molar-refractivity contribution < 1.29 is 14.6 Å². The minimum atomic E-state index is -1.06. The predicted octanol–water partition coefficient (Wildman–Crippen LogP) is 3.06. The number of pyridine rings is 1. The molecular weight excluding hydrogens is 242 g/mol. The first kappa shape index (κ1) is 11.7. The van der Waals surface area contributed by atoms with Crippen LogP contribution in [0.25, 0.3) is 0 Å². The third kappa shape index (κ3) is 2.42. The second-order valence-electron chi connectivity index (χ2n) is 4.57. The lowest BCUT2D eigenvalue weighted by Gasteiger charge is -2.08. The van der Waals surface area contributed by atoms with E-state index < -0.39 is 5.97 Å². The lowest BCUT2D eigenvalue weighted by molar-refractivity contribution is 0.0690.